The first-order valence-corrected chi connectivity index (χ1v) is 7.18. The molecular formula is C18H20N2O2. The molecule has 4 nitrogen and oxygen atoms in total. The van der Waals surface area contributed by atoms with Gasteiger partial charge >= 0.3 is 0 Å². The topological polar surface area (TPSA) is 50.7 Å². The molecule has 0 aliphatic rings. The molecule has 0 aliphatic carbocycles. The standard InChI is InChI=1S/C18H20N2O2/c1-13(2)14-8-10-15(11-9-14)18(21)20-19-12-16-6-4-5-7-17(16)22-3/h4-13H,1-3H3,(H,20,21). The van der Waals surface area contributed by atoms with Crippen molar-refractivity contribution in [2.75, 3.05) is 7.11 Å². The predicted molar refractivity (Wildman–Crippen MR) is 88.6 cm³/mol. The Kier molecular flexibility index (Phi) is 5.31. The zero-order valence-electron chi connectivity index (χ0n) is 13.0. The highest BCUT2D eigenvalue weighted by molar-refractivity contribution is 5.95. The fourth-order valence-electron chi connectivity index (χ4n) is 2.02. The SMILES string of the molecule is COc1ccccc1C=NNC(=O)c1ccc(C(C)C)cc1. The van der Waals surface area contributed by atoms with Crippen LogP contribution in [0.25, 0.3) is 0 Å². The Morgan fingerprint density at radius 3 is 2.45 bits per heavy atom. The number of nitrogens with zero attached hydrogens (tertiary/aromatic N) is 1. The van der Waals surface area contributed by atoms with E-state index in [0.29, 0.717) is 17.2 Å². The van der Waals surface area contributed by atoms with E-state index in [1.807, 2.05) is 48.5 Å². The van der Waals surface area contributed by atoms with Crippen LogP contribution in [0.15, 0.2) is 53.6 Å². The van der Waals surface area contributed by atoms with E-state index in [4.69, 9.17) is 4.74 Å². The van der Waals surface area contributed by atoms with Crippen molar-refractivity contribution in [1.82, 2.24) is 5.43 Å². The molecule has 22 heavy (non-hydrogen) atoms. The molecule has 2 aromatic rings. The Morgan fingerprint density at radius 2 is 1.82 bits per heavy atom. The zero-order chi connectivity index (χ0) is 15.9. The third-order valence-corrected chi connectivity index (χ3v) is 3.35. The van der Waals surface area contributed by atoms with Crippen LogP contribution in [-0.4, -0.2) is 19.2 Å². The summed E-state index contributed by atoms with van der Waals surface area (Å²) in [5.74, 6) is 0.920. The van der Waals surface area contributed by atoms with E-state index in [-0.39, 0.29) is 5.91 Å². The zero-order valence-corrected chi connectivity index (χ0v) is 13.0. The van der Waals surface area contributed by atoms with E-state index < -0.39 is 0 Å². The molecule has 1 N–H and O–H groups in total. The van der Waals surface area contributed by atoms with Gasteiger partial charge in [0.2, 0.25) is 0 Å². The number of hydrazone groups is 1. The molecule has 114 valence electrons. The summed E-state index contributed by atoms with van der Waals surface area (Å²) in [6.07, 6.45) is 1.57. The summed E-state index contributed by atoms with van der Waals surface area (Å²) in [7, 11) is 1.60. The van der Waals surface area contributed by atoms with E-state index in [9.17, 15) is 4.79 Å². The Hall–Kier alpha value is -2.62. The number of nitrogens with one attached hydrogen (secondary N) is 1. The second kappa shape index (κ2) is 7.41. The van der Waals surface area contributed by atoms with Crippen molar-refractivity contribution in [2.24, 2.45) is 5.10 Å². The van der Waals surface area contributed by atoms with Crippen LogP contribution in [0, 0.1) is 0 Å². The lowest BCUT2D eigenvalue weighted by atomic mass is 10.0. The first kappa shape index (κ1) is 15.8. The molecule has 2 aromatic carbocycles. The third kappa shape index (κ3) is 3.95. The smallest absolute Gasteiger partial charge is 0.271 e. The quantitative estimate of drug-likeness (QED) is 0.677. The normalized spacial score (nSPS) is 10.9. The second-order valence-corrected chi connectivity index (χ2v) is 5.22. The highest BCUT2D eigenvalue weighted by atomic mass is 16.5. The molecule has 0 aliphatic heterocycles. The molecular weight excluding hydrogens is 276 g/mol. The third-order valence-electron chi connectivity index (χ3n) is 3.35. The van der Waals surface area contributed by atoms with Crippen molar-refractivity contribution in [3.05, 3.63) is 65.2 Å². The molecule has 0 aromatic heterocycles. The van der Waals surface area contributed by atoms with Crippen molar-refractivity contribution in [2.45, 2.75) is 19.8 Å². The monoisotopic (exact) mass is 296 g/mol. The molecule has 0 bridgehead atoms. The van der Waals surface area contributed by atoms with Gasteiger partial charge in [-0.15, -0.1) is 0 Å². The van der Waals surface area contributed by atoms with E-state index >= 15 is 0 Å². The van der Waals surface area contributed by atoms with Gasteiger partial charge in [-0.05, 0) is 35.7 Å². The van der Waals surface area contributed by atoms with Gasteiger partial charge in [-0.2, -0.15) is 5.10 Å². The Bertz CT molecular complexity index is 661. The van der Waals surface area contributed by atoms with Gasteiger partial charge in [-0.25, -0.2) is 5.43 Å². The molecule has 1 amide bonds. The van der Waals surface area contributed by atoms with E-state index in [1.165, 1.54) is 5.56 Å². The number of hydrogen-bond donors (Lipinski definition) is 1. The minimum atomic E-state index is -0.235. The summed E-state index contributed by atoms with van der Waals surface area (Å²) in [5.41, 5.74) is 5.12. The van der Waals surface area contributed by atoms with Gasteiger partial charge in [-0.3, -0.25) is 4.79 Å². The fourth-order valence-corrected chi connectivity index (χ4v) is 2.02. The minimum absolute atomic E-state index is 0.235. The molecule has 0 heterocycles. The second-order valence-electron chi connectivity index (χ2n) is 5.22. The first-order chi connectivity index (χ1) is 10.6. The lowest BCUT2D eigenvalue weighted by Crippen LogP contribution is -2.17. The first-order valence-electron chi connectivity index (χ1n) is 7.18. The molecule has 4 heteroatoms. The van der Waals surface area contributed by atoms with E-state index in [2.05, 4.69) is 24.4 Å². The Morgan fingerprint density at radius 1 is 1.14 bits per heavy atom. The maximum atomic E-state index is 12.0. The Labute approximate surface area is 130 Å². The van der Waals surface area contributed by atoms with Gasteiger partial charge in [0.25, 0.3) is 5.91 Å². The van der Waals surface area contributed by atoms with Crippen LogP contribution in [0.5, 0.6) is 5.75 Å². The van der Waals surface area contributed by atoms with Gasteiger partial charge in [-0.1, -0.05) is 38.1 Å². The number of hydrogen-bond acceptors (Lipinski definition) is 3. The number of rotatable bonds is 5. The molecule has 0 spiro atoms. The predicted octanol–water partition coefficient (Wildman–Crippen LogP) is 3.58. The van der Waals surface area contributed by atoms with Gasteiger partial charge in [0, 0.05) is 11.1 Å². The number of methoxy groups -OCH3 is 1. The molecule has 0 saturated heterocycles. The molecule has 0 fully saturated rings. The van der Waals surface area contributed by atoms with Crippen LogP contribution < -0.4 is 10.2 Å². The average Bonchev–Trinajstić information content (AvgIpc) is 2.55. The van der Waals surface area contributed by atoms with Crippen LogP contribution in [0.3, 0.4) is 0 Å². The summed E-state index contributed by atoms with van der Waals surface area (Å²) in [6.45, 7) is 4.24. The largest absolute Gasteiger partial charge is 0.496 e. The lowest BCUT2D eigenvalue weighted by molar-refractivity contribution is 0.0955. The molecule has 2 rings (SSSR count). The number of para-hydroxylation sites is 1. The maximum Gasteiger partial charge on any atom is 0.271 e. The van der Waals surface area contributed by atoms with Crippen molar-refractivity contribution < 1.29 is 9.53 Å². The molecule has 0 radical (unpaired) electrons. The van der Waals surface area contributed by atoms with Crippen LogP contribution >= 0.6 is 0 Å². The van der Waals surface area contributed by atoms with Gasteiger partial charge in [0.15, 0.2) is 0 Å². The van der Waals surface area contributed by atoms with Crippen molar-refractivity contribution in [3.63, 3.8) is 0 Å². The van der Waals surface area contributed by atoms with E-state index in [0.717, 1.165) is 5.56 Å². The lowest BCUT2D eigenvalue weighted by Gasteiger charge is -2.06. The number of carbonyl (C=O) groups is 1. The maximum absolute atomic E-state index is 12.0. The Balaban J connectivity index is 2.01. The number of carbonyl (C=O) groups excluding carboxylic acids is 1. The summed E-state index contributed by atoms with van der Waals surface area (Å²) >= 11 is 0. The summed E-state index contributed by atoms with van der Waals surface area (Å²) in [4.78, 5) is 12.0. The van der Waals surface area contributed by atoms with Gasteiger partial charge in [0.05, 0.1) is 13.3 Å². The number of ether oxygens (including phenoxy) is 1. The van der Waals surface area contributed by atoms with Crippen molar-refractivity contribution >= 4 is 12.1 Å². The fraction of sp³-hybridized carbons (Fsp3) is 0.222. The van der Waals surface area contributed by atoms with Crippen LogP contribution in [0.1, 0.15) is 41.3 Å². The van der Waals surface area contributed by atoms with Crippen LogP contribution in [0.2, 0.25) is 0 Å². The van der Waals surface area contributed by atoms with Gasteiger partial charge in [0.1, 0.15) is 5.75 Å². The molecule has 0 atom stereocenters. The van der Waals surface area contributed by atoms with Crippen LogP contribution in [-0.2, 0) is 0 Å². The number of benzene rings is 2. The van der Waals surface area contributed by atoms with E-state index in [1.54, 1.807) is 13.3 Å². The molecule has 0 saturated carbocycles. The summed E-state index contributed by atoms with van der Waals surface area (Å²) in [6, 6.07) is 15.0. The van der Waals surface area contributed by atoms with Crippen molar-refractivity contribution in [3.8, 4) is 5.75 Å². The van der Waals surface area contributed by atoms with Gasteiger partial charge < -0.3 is 4.74 Å². The number of amides is 1. The molecule has 0 unspecified atom stereocenters. The highest BCUT2D eigenvalue weighted by Gasteiger charge is 2.05. The summed E-state index contributed by atoms with van der Waals surface area (Å²) in [5, 5.41) is 3.98. The van der Waals surface area contributed by atoms with Crippen molar-refractivity contribution in [1.29, 1.82) is 0 Å². The minimum Gasteiger partial charge on any atom is -0.496 e. The van der Waals surface area contributed by atoms with Crippen LogP contribution in [0.4, 0.5) is 0 Å². The average molecular weight is 296 g/mol. The highest BCUT2D eigenvalue weighted by Crippen LogP contribution is 2.15. The summed E-state index contributed by atoms with van der Waals surface area (Å²) < 4.78 is 5.22.